The molecule has 1 unspecified atom stereocenters. The van der Waals surface area contributed by atoms with Crippen LogP contribution in [0, 0.1) is 11.7 Å². The van der Waals surface area contributed by atoms with Gasteiger partial charge in [0.05, 0.1) is 37.3 Å². The van der Waals surface area contributed by atoms with Crippen LogP contribution in [0.2, 0.25) is 0 Å². The first-order chi connectivity index (χ1) is 17.0. The quantitative estimate of drug-likeness (QED) is 0.387. The van der Waals surface area contributed by atoms with Gasteiger partial charge in [-0.2, -0.15) is 5.10 Å². The summed E-state index contributed by atoms with van der Waals surface area (Å²) in [6.07, 6.45) is 3.83. The Morgan fingerprint density at radius 3 is 2.74 bits per heavy atom. The van der Waals surface area contributed by atoms with Gasteiger partial charge in [-0.05, 0) is 30.5 Å². The summed E-state index contributed by atoms with van der Waals surface area (Å²) in [6.45, 7) is 3.89. The van der Waals surface area contributed by atoms with Gasteiger partial charge in [0, 0.05) is 38.3 Å². The molecule has 0 bridgehead atoms. The van der Waals surface area contributed by atoms with Crippen molar-refractivity contribution in [1.29, 1.82) is 0 Å². The Morgan fingerprint density at radius 1 is 1.23 bits per heavy atom. The van der Waals surface area contributed by atoms with E-state index in [0.29, 0.717) is 37.1 Å². The van der Waals surface area contributed by atoms with Crippen LogP contribution in [-0.2, 0) is 20.9 Å². The highest BCUT2D eigenvalue weighted by Crippen LogP contribution is 2.27. The highest BCUT2D eigenvalue weighted by Gasteiger charge is 2.35. The molecule has 2 aliphatic heterocycles. The minimum absolute atomic E-state index is 0.126. The molecule has 0 radical (unpaired) electrons. The van der Waals surface area contributed by atoms with E-state index in [1.807, 2.05) is 6.26 Å². The number of halogens is 1. The van der Waals surface area contributed by atoms with Crippen LogP contribution in [0.15, 0.2) is 35.6 Å². The van der Waals surface area contributed by atoms with Gasteiger partial charge in [0.2, 0.25) is 11.8 Å². The molecule has 2 fully saturated rings. The van der Waals surface area contributed by atoms with Crippen molar-refractivity contribution < 1.29 is 18.7 Å². The van der Waals surface area contributed by atoms with E-state index in [4.69, 9.17) is 9.72 Å². The summed E-state index contributed by atoms with van der Waals surface area (Å²) in [6, 6.07) is 5.71. The van der Waals surface area contributed by atoms with Crippen LogP contribution >= 0.6 is 11.8 Å². The van der Waals surface area contributed by atoms with Gasteiger partial charge in [-0.15, -0.1) is 0 Å². The van der Waals surface area contributed by atoms with E-state index in [9.17, 15) is 14.0 Å². The van der Waals surface area contributed by atoms with Crippen molar-refractivity contribution in [3.8, 4) is 0 Å². The lowest BCUT2D eigenvalue weighted by molar-refractivity contribution is -0.126. The topological polar surface area (TPSA) is 105 Å². The summed E-state index contributed by atoms with van der Waals surface area (Å²) >= 11 is 1.47. The zero-order valence-electron chi connectivity index (χ0n) is 19.3. The number of hydrogen-bond acceptors (Lipinski definition) is 8. The molecule has 12 heteroatoms. The van der Waals surface area contributed by atoms with Crippen LogP contribution in [0.4, 0.5) is 15.9 Å². The van der Waals surface area contributed by atoms with E-state index in [0.717, 1.165) is 29.9 Å². The maximum atomic E-state index is 13.2. The van der Waals surface area contributed by atoms with E-state index in [1.165, 1.54) is 28.8 Å². The van der Waals surface area contributed by atoms with Crippen LogP contribution in [-0.4, -0.2) is 77.2 Å². The third-order valence-corrected chi connectivity index (χ3v) is 6.75. The second-order valence-electron chi connectivity index (χ2n) is 8.41. The fraction of sp³-hybridized carbons (Fsp3) is 0.435. The lowest BCUT2D eigenvalue weighted by Gasteiger charge is -2.28. The Hall–Kier alpha value is -3.25. The van der Waals surface area contributed by atoms with Crippen LogP contribution in [0.1, 0.15) is 6.42 Å². The van der Waals surface area contributed by atoms with Gasteiger partial charge in [-0.25, -0.2) is 19.0 Å². The maximum Gasteiger partial charge on any atom is 0.227 e. The summed E-state index contributed by atoms with van der Waals surface area (Å²) < 4.78 is 20.4. The number of nitrogens with zero attached hydrogens (tertiary/aromatic N) is 6. The van der Waals surface area contributed by atoms with Crippen molar-refractivity contribution in [3.05, 3.63) is 36.3 Å². The number of nitrogens with one attached hydrogen (secondary N) is 1. The predicted octanol–water partition coefficient (Wildman–Crippen LogP) is 1.69. The zero-order chi connectivity index (χ0) is 24.4. The third-order valence-electron chi connectivity index (χ3n) is 6.21. The second-order valence-corrected chi connectivity index (χ2v) is 9.18. The fourth-order valence-corrected chi connectivity index (χ4v) is 4.73. The fourth-order valence-electron chi connectivity index (χ4n) is 4.38. The molecule has 2 saturated heterocycles. The van der Waals surface area contributed by atoms with Gasteiger partial charge in [0.25, 0.3) is 0 Å². The van der Waals surface area contributed by atoms with E-state index >= 15 is 0 Å². The van der Waals surface area contributed by atoms with Gasteiger partial charge >= 0.3 is 0 Å². The van der Waals surface area contributed by atoms with E-state index in [-0.39, 0.29) is 30.6 Å². The van der Waals surface area contributed by atoms with Gasteiger partial charge in [0.15, 0.2) is 10.8 Å². The number of thioether (sulfide) groups is 1. The molecule has 4 heterocycles. The molecule has 1 N–H and O–H groups in total. The first kappa shape index (κ1) is 23.5. The molecule has 10 nitrogen and oxygen atoms in total. The smallest absolute Gasteiger partial charge is 0.227 e. The lowest BCUT2D eigenvalue weighted by atomic mass is 10.1. The number of fused-ring (bicyclic) bond motifs is 1. The number of benzene rings is 1. The third kappa shape index (κ3) is 4.94. The Kier molecular flexibility index (Phi) is 6.82. The Morgan fingerprint density at radius 2 is 2.00 bits per heavy atom. The molecule has 2 amide bonds. The number of amides is 2. The maximum absolute atomic E-state index is 13.2. The number of rotatable bonds is 7. The number of carbonyl (C=O) groups excluding carboxylic acids is 2. The number of morpholine rings is 1. The van der Waals surface area contributed by atoms with E-state index in [2.05, 4.69) is 20.3 Å². The molecule has 5 rings (SSSR count). The first-order valence-corrected chi connectivity index (χ1v) is 12.7. The van der Waals surface area contributed by atoms with E-state index in [1.54, 1.807) is 23.0 Å². The molecular formula is C23H26FN7O3S. The van der Waals surface area contributed by atoms with Gasteiger partial charge in [0.1, 0.15) is 11.6 Å². The summed E-state index contributed by atoms with van der Waals surface area (Å²) in [5.41, 5.74) is 1.31. The van der Waals surface area contributed by atoms with Gasteiger partial charge < -0.3 is 19.9 Å². The number of anilines is 2. The Balaban J connectivity index is 1.23. The number of aromatic nitrogens is 4. The van der Waals surface area contributed by atoms with Gasteiger partial charge in [-0.3, -0.25) is 9.59 Å². The highest BCUT2D eigenvalue weighted by atomic mass is 32.2. The van der Waals surface area contributed by atoms with Crippen LogP contribution in [0.25, 0.3) is 11.0 Å². The van der Waals surface area contributed by atoms with Crippen molar-refractivity contribution in [3.63, 3.8) is 0 Å². The summed E-state index contributed by atoms with van der Waals surface area (Å²) in [4.78, 5) is 38.2. The minimum atomic E-state index is -0.458. The van der Waals surface area contributed by atoms with Crippen LogP contribution in [0.5, 0.6) is 0 Å². The summed E-state index contributed by atoms with van der Waals surface area (Å²) in [5.74, 6) is -0.309. The lowest BCUT2D eigenvalue weighted by Crippen LogP contribution is -2.37. The predicted molar refractivity (Wildman–Crippen MR) is 130 cm³/mol. The van der Waals surface area contributed by atoms with Crippen LogP contribution < -0.4 is 15.1 Å². The van der Waals surface area contributed by atoms with Crippen molar-refractivity contribution >= 4 is 46.1 Å². The van der Waals surface area contributed by atoms with Crippen molar-refractivity contribution in [2.45, 2.75) is 18.1 Å². The van der Waals surface area contributed by atoms with Gasteiger partial charge in [-0.1, -0.05) is 11.8 Å². The molecule has 0 saturated carbocycles. The number of ether oxygens (including phenoxy) is 1. The average Bonchev–Trinajstić information content (AvgIpc) is 3.48. The Labute approximate surface area is 205 Å². The van der Waals surface area contributed by atoms with E-state index < -0.39 is 5.92 Å². The summed E-state index contributed by atoms with van der Waals surface area (Å²) in [5, 5.41) is 8.95. The second kappa shape index (κ2) is 10.2. The molecule has 0 aliphatic carbocycles. The molecule has 184 valence electrons. The normalized spacial score (nSPS) is 18.5. The van der Waals surface area contributed by atoms with Crippen molar-refractivity contribution in [2.75, 3.05) is 55.4 Å². The SMILES string of the molecule is CSc1nc(N2CCOCC2)c2cnn(CCNC(=O)C3CC(=O)N(c4ccc(F)cc4)C3)c2n1. The van der Waals surface area contributed by atoms with Crippen LogP contribution in [0.3, 0.4) is 0 Å². The molecule has 3 aromatic rings. The minimum Gasteiger partial charge on any atom is -0.378 e. The largest absolute Gasteiger partial charge is 0.378 e. The molecule has 2 aliphatic rings. The number of hydrogen-bond donors (Lipinski definition) is 1. The molecule has 1 atom stereocenters. The average molecular weight is 500 g/mol. The number of carbonyl (C=O) groups is 2. The van der Waals surface area contributed by atoms with Crippen molar-refractivity contribution in [1.82, 2.24) is 25.1 Å². The van der Waals surface area contributed by atoms with Crippen molar-refractivity contribution in [2.24, 2.45) is 5.92 Å². The molecule has 35 heavy (non-hydrogen) atoms. The molecule has 2 aromatic heterocycles. The summed E-state index contributed by atoms with van der Waals surface area (Å²) in [7, 11) is 0. The monoisotopic (exact) mass is 499 g/mol. The zero-order valence-corrected chi connectivity index (χ0v) is 20.1. The highest BCUT2D eigenvalue weighted by molar-refractivity contribution is 7.98. The Bertz CT molecular complexity index is 1230. The molecular weight excluding hydrogens is 473 g/mol. The molecule has 1 aromatic carbocycles. The first-order valence-electron chi connectivity index (χ1n) is 11.5. The molecule has 0 spiro atoms. The standard InChI is InChI=1S/C23H26FN7O3S/c1-35-23-27-20(29-8-10-34-11-9-29)18-13-26-31(21(18)28-23)7-6-25-22(33)15-12-19(32)30(14-15)17-4-2-16(24)3-5-17/h2-5,13,15H,6-12,14H2,1H3,(H,25,33).